The van der Waals surface area contributed by atoms with Crippen LogP contribution in [-0.4, -0.2) is 52.3 Å². The van der Waals surface area contributed by atoms with E-state index in [9.17, 15) is 19.5 Å². The van der Waals surface area contributed by atoms with E-state index in [1.165, 1.54) is 12.0 Å². The Balaban J connectivity index is 1.49. The molecule has 2 N–H and O–H groups in total. The summed E-state index contributed by atoms with van der Waals surface area (Å²) in [6, 6.07) is 21.6. The number of methoxy groups -OCH3 is 1. The summed E-state index contributed by atoms with van der Waals surface area (Å²) in [7, 11) is 1.50. The first-order chi connectivity index (χ1) is 21.7. The van der Waals surface area contributed by atoms with Crippen molar-refractivity contribution >= 4 is 29.3 Å². The number of nitrogens with zero attached hydrogens (tertiary/aromatic N) is 2. The van der Waals surface area contributed by atoms with Gasteiger partial charge in [0.2, 0.25) is 11.8 Å². The fraction of sp³-hybridized carbons (Fsp3) is 0.333. The Bertz CT molecular complexity index is 1750. The fourth-order valence-electron chi connectivity index (χ4n) is 8.44. The monoisotopic (exact) mass is 605 g/mol. The van der Waals surface area contributed by atoms with Crippen LogP contribution in [0.15, 0.2) is 84.4 Å². The van der Waals surface area contributed by atoms with Gasteiger partial charge >= 0.3 is 0 Å². The smallest absolute Gasteiger partial charge is 0.260 e. The van der Waals surface area contributed by atoms with Gasteiger partial charge < -0.3 is 9.84 Å². The van der Waals surface area contributed by atoms with Crippen molar-refractivity contribution in [2.45, 2.75) is 38.0 Å². The van der Waals surface area contributed by atoms with Crippen molar-refractivity contribution in [2.24, 2.45) is 23.7 Å². The second kappa shape index (κ2) is 10.6. The molecule has 0 spiro atoms. The number of likely N-dealkylation sites (tertiary alicyclic amines) is 1. The van der Waals surface area contributed by atoms with Gasteiger partial charge in [0.1, 0.15) is 11.5 Å². The van der Waals surface area contributed by atoms with Gasteiger partial charge in [0.25, 0.3) is 11.8 Å². The van der Waals surface area contributed by atoms with E-state index in [1.54, 1.807) is 25.1 Å². The molecule has 4 aliphatic rings. The van der Waals surface area contributed by atoms with Crippen molar-refractivity contribution < 1.29 is 29.0 Å². The molecule has 3 fully saturated rings. The third-order valence-corrected chi connectivity index (χ3v) is 10.4. The first kappa shape index (κ1) is 28.8. The Hall–Kier alpha value is -4.92. The van der Waals surface area contributed by atoms with Crippen LogP contribution in [0, 0.1) is 30.6 Å². The summed E-state index contributed by atoms with van der Waals surface area (Å²) in [5.41, 5.74) is 4.99. The minimum Gasteiger partial charge on any atom is -0.508 e. The fourth-order valence-corrected chi connectivity index (χ4v) is 8.44. The minimum absolute atomic E-state index is 0.0775. The van der Waals surface area contributed by atoms with Gasteiger partial charge in [-0.25, -0.2) is 0 Å². The highest BCUT2D eigenvalue weighted by atomic mass is 16.5. The number of carbonyl (C=O) groups excluding carboxylic acids is 4. The van der Waals surface area contributed by atoms with E-state index in [0.29, 0.717) is 29.0 Å². The summed E-state index contributed by atoms with van der Waals surface area (Å²) in [5, 5.41) is 12.6. The molecule has 230 valence electrons. The lowest BCUT2D eigenvalue weighted by Gasteiger charge is -2.50. The number of carbonyl (C=O) groups is 4. The number of anilines is 1. The molecular formula is C36H35N3O6. The molecule has 2 aliphatic heterocycles. The zero-order chi connectivity index (χ0) is 31.6. The molecule has 3 aromatic carbocycles. The molecular weight excluding hydrogens is 570 g/mol. The number of nitrogens with one attached hydrogen (secondary N) is 1. The summed E-state index contributed by atoms with van der Waals surface area (Å²) in [6.45, 7) is 4.01. The lowest BCUT2D eigenvalue weighted by molar-refractivity contribution is -0.141. The van der Waals surface area contributed by atoms with Crippen molar-refractivity contribution in [1.29, 1.82) is 0 Å². The number of imide groups is 2. The van der Waals surface area contributed by atoms with Gasteiger partial charge in [-0.2, -0.15) is 5.01 Å². The summed E-state index contributed by atoms with van der Waals surface area (Å²) in [6.07, 6.45) is 2.50. The molecule has 0 radical (unpaired) electrons. The number of hydrogen-bond donors (Lipinski definition) is 2. The molecule has 2 saturated heterocycles. The Kier molecular flexibility index (Phi) is 6.80. The molecule has 0 bridgehead atoms. The maximum atomic E-state index is 15.1. The molecule has 0 aromatic heterocycles. The average Bonchev–Trinajstić information content (AvgIpc) is 3.43. The third-order valence-electron chi connectivity index (χ3n) is 10.4. The van der Waals surface area contributed by atoms with Crippen LogP contribution in [0.4, 0.5) is 5.69 Å². The maximum absolute atomic E-state index is 15.1. The number of hydrogen-bond acceptors (Lipinski definition) is 7. The van der Waals surface area contributed by atoms with Gasteiger partial charge in [0.05, 0.1) is 36.0 Å². The Labute approximate surface area is 261 Å². The quantitative estimate of drug-likeness (QED) is 0.309. The number of hydrazine groups is 1. The highest BCUT2D eigenvalue weighted by Gasteiger charge is 2.71. The second-order valence-corrected chi connectivity index (χ2v) is 12.4. The summed E-state index contributed by atoms with van der Waals surface area (Å²) in [4.78, 5) is 58.2. The van der Waals surface area contributed by atoms with Crippen LogP contribution in [0.1, 0.15) is 42.4 Å². The Morgan fingerprint density at radius 1 is 0.911 bits per heavy atom. The zero-order valence-electron chi connectivity index (χ0n) is 25.4. The number of phenolic OH excluding ortho intramolecular Hbond substituents is 1. The average molecular weight is 606 g/mol. The summed E-state index contributed by atoms with van der Waals surface area (Å²) >= 11 is 0. The van der Waals surface area contributed by atoms with E-state index < -0.39 is 46.8 Å². The molecule has 9 heteroatoms. The van der Waals surface area contributed by atoms with Crippen LogP contribution < -0.4 is 10.2 Å². The lowest BCUT2D eigenvalue weighted by atomic mass is 9.49. The Morgan fingerprint density at radius 3 is 2.33 bits per heavy atom. The molecule has 7 rings (SSSR count). The number of benzene rings is 3. The number of allylic oxidation sites excluding steroid dienone is 2. The van der Waals surface area contributed by atoms with Crippen LogP contribution in [0.5, 0.6) is 11.5 Å². The van der Waals surface area contributed by atoms with Crippen LogP contribution in [0.2, 0.25) is 0 Å². The van der Waals surface area contributed by atoms with Gasteiger partial charge in [0.15, 0.2) is 0 Å². The first-order valence-corrected chi connectivity index (χ1v) is 15.4. The van der Waals surface area contributed by atoms with E-state index in [2.05, 4.69) is 5.43 Å². The van der Waals surface area contributed by atoms with Crippen LogP contribution in [-0.2, 0) is 24.6 Å². The lowest BCUT2D eigenvalue weighted by Crippen LogP contribution is -2.53. The van der Waals surface area contributed by atoms with Gasteiger partial charge in [0, 0.05) is 18.0 Å². The molecule has 1 saturated carbocycles. The standard InChI is InChI=1S/C36H35N3O6/c1-4-38-32(41)24-18-17-23-25(29(24)34(38)43)19-26-33(42)39(37-22-15-13-20(2)14-16-22)35(44)36(26,21-9-6-5-7-10-21)31(23)30-27(40)11-8-12-28(30)45-3/h5-17,24-26,29,31,37,40H,4,18-19H2,1-3H3. The first-order valence-electron chi connectivity index (χ1n) is 15.4. The number of aromatic hydroxyl groups is 1. The molecule has 4 amide bonds. The second-order valence-electron chi connectivity index (χ2n) is 12.4. The predicted octanol–water partition coefficient (Wildman–Crippen LogP) is 4.71. The molecule has 9 nitrogen and oxygen atoms in total. The van der Waals surface area contributed by atoms with Crippen molar-refractivity contribution in [2.75, 3.05) is 19.1 Å². The van der Waals surface area contributed by atoms with Gasteiger partial charge in [-0.05, 0) is 62.4 Å². The van der Waals surface area contributed by atoms with Crippen molar-refractivity contribution in [1.82, 2.24) is 9.91 Å². The SMILES string of the molecule is CCN1C(=O)C2CC=C3C(CC4C(=O)N(Nc5ccc(C)cc5)C(=O)C4(c4ccccc4)C3c3c(O)cccc3OC)C2C1=O. The van der Waals surface area contributed by atoms with E-state index in [-0.39, 0.29) is 30.5 Å². The molecule has 6 unspecified atom stereocenters. The summed E-state index contributed by atoms with van der Waals surface area (Å²) in [5.74, 6) is -4.48. The normalized spacial score (nSPS) is 28.9. The van der Waals surface area contributed by atoms with Gasteiger partial charge in [-0.15, -0.1) is 0 Å². The predicted molar refractivity (Wildman–Crippen MR) is 166 cm³/mol. The molecule has 3 aromatic rings. The van der Waals surface area contributed by atoms with E-state index in [4.69, 9.17) is 4.74 Å². The van der Waals surface area contributed by atoms with Gasteiger partial charge in [-0.3, -0.25) is 29.5 Å². The molecule has 2 heterocycles. The highest BCUT2D eigenvalue weighted by Crippen LogP contribution is 2.65. The van der Waals surface area contributed by atoms with Crippen LogP contribution >= 0.6 is 0 Å². The van der Waals surface area contributed by atoms with Crippen molar-refractivity contribution in [3.8, 4) is 11.5 Å². The number of aryl methyl sites for hydroxylation is 1. The van der Waals surface area contributed by atoms with E-state index in [0.717, 1.165) is 16.1 Å². The van der Waals surface area contributed by atoms with E-state index in [1.807, 2.05) is 67.6 Å². The number of ether oxygens (including phenoxy) is 1. The van der Waals surface area contributed by atoms with Crippen molar-refractivity contribution in [3.63, 3.8) is 0 Å². The van der Waals surface area contributed by atoms with Crippen molar-refractivity contribution in [3.05, 3.63) is 101 Å². The van der Waals surface area contributed by atoms with Crippen LogP contribution in [0.3, 0.4) is 0 Å². The minimum atomic E-state index is -1.48. The van der Waals surface area contributed by atoms with Gasteiger partial charge in [-0.1, -0.05) is 65.7 Å². The number of fused-ring (bicyclic) bond motifs is 4. The van der Waals surface area contributed by atoms with Crippen LogP contribution in [0.25, 0.3) is 0 Å². The number of rotatable bonds is 6. The molecule has 2 aliphatic carbocycles. The largest absolute Gasteiger partial charge is 0.508 e. The number of phenols is 1. The zero-order valence-corrected chi connectivity index (χ0v) is 25.4. The summed E-state index contributed by atoms with van der Waals surface area (Å²) < 4.78 is 5.80. The third kappa shape index (κ3) is 3.99. The molecule has 6 atom stereocenters. The Morgan fingerprint density at radius 2 is 1.64 bits per heavy atom. The maximum Gasteiger partial charge on any atom is 0.260 e. The topological polar surface area (TPSA) is 116 Å². The highest BCUT2D eigenvalue weighted by molar-refractivity contribution is 6.13. The molecule has 45 heavy (non-hydrogen) atoms. The number of amides is 4. The van der Waals surface area contributed by atoms with E-state index >= 15 is 4.79 Å².